The number of rotatable bonds is 3. The number of aromatic nitrogens is 1. The molecule has 22 heavy (non-hydrogen) atoms. The van der Waals surface area contributed by atoms with Gasteiger partial charge in [-0.2, -0.15) is 0 Å². The molecule has 0 saturated carbocycles. The molecule has 0 fully saturated rings. The van der Waals surface area contributed by atoms with Crippen LogP contribution in [0.25, 0.3) is 17.0 Å². The number of nitrogens with one attached hydrogen (secondary N) is 1. The smallest absolute Gasteiger partial charge is 0.248 e. The monoisotopic (exact) mass is 352 g/mol. The van der Waals surface area contributed by atoms with Gasteiger partial charge in [0.25, 0.3) is 0 Å². The molecule has 1 amide bonds. The third-order valence-corrected chi connectivity index (χ3v) is 3.72. The number of hydrogen-bond donors (Lipinski definition) is 1. The van der Waals surface area contributed by atoms with E-state index in [2.05, 4.69) is 26.2 Å². The van der Waals surface area contributed by atoms with Gasteiger partial charge in [0.15, 0.2) is 0 Å². The van der Waals surface area contributed by atoms with Crippen molar-refractivity contribution >= 4 is 44.5 Å². The summed E-state index contributed by atoms with van der Waals surface area (Å²) < 4.78 is 0.975. The lowest BCUT2D eigenvalue weighted by Crippen LogP contribution is -2.07. The lowest BCUT2D eigenvalue weighted by Gasteiger charge is -2.03. The van der Waals surface area contributed by atoms with Gasteiger partial charge in [-0.05, 0) is 36.4 Å². The predicted octanol–water partition coefficient (Wildman–Crippen LogP) is 4.65. The Hall–Kier alpha value is -2.46. The molecule has 0 bridgehead atoms. The average Bonchev–Trinajstić information content (AvgIpc) is 2.55. The Morgan fingerprint density at radius 3 is 2.64 bits per heavy atom. The summed E-state index contributed by atoms with van der Waals surface area (Å²) in [5.41, 5.74) is 2.57. The van der Waals surface area contributed by atoms with Crippen LogP contribution < -0.4 is 5.32 Å². The van der Waals surface area contributed by atoms with E-state index >= 15 is 0 Å². The minimum absolute atomic E-state index is 0.171. The third-order valence-electron chi connectivity index (χ3n) is 3.19. The van der Waals surface area contributed by atoms with Gasteiger partial charge in [0.2, 0.25) is 5.91 Å². The van der Waals surface area contributed by atoms with Crippen molar-refractivity contribution in [3.63, 3.8) is 0 Å². The highest BCUT2D eigenvalue weighted by molar-refractivity contribution is 9.10. The molecule has 4 heteroatoms. The molecular formula is C18H13BrN2O. The van der Waals surface area contributed by atoms with Crippen molar-refractivity contribution in [1.29, 1.82) is 0 Å². The molecule has 0 radical (unpaired) electrons. The molecule has 3 rings (SSSR count). The number of pyridine rings is 1. The van der Waals surface area contributed by atoms with E-state index in [0.717, 1.165) is 26.6 Å². The second kappa shape index (κ2) is 6.54. The lowest BCUT2D eigenvalue weighted by molar-refractivity contribution is -0.111. The van der Waals surface area contributed by atoms with Gasteiger partial charge in [0.1, 0.15) is 0 Å². The Morgan fingerprint density at radius 2 is 1.82 bits per heavy atom. The van der Waals surface area contributed by atoms with Crippen LogP contribution in [0.1, 0.15) is 5.56 Å². The number of nitrogens with zero attached hydrogens (tertiary/aromatic N) is 1. The van der Waals surface area contributed by atoms with Crippen LogP contribution in [0.2, 0.25) is 0 Å². The molecule has 1 N–H and O–H groups in total. The number of amides is 1. The minimum Gasteiger partial charge on any atom is -0.323 e. The summed E-state index contributed by atoms with van der Waals surface area (Å²) >= 11 is 3.36. The van der Waals surface area contributed by atoms with Crippen LogP contribution in [0, 0.1) is 0 Å². The summed E-state index contributed by atoms with van der Waals surface area (Å²) in [6, 6.07) is 17.3. The van der Waals surface area contributed by atoms with Gasteiger partial charge in [-0.15, -0.1) is 0 Å². The van der Waals surface area contributed by atoms with E-state index in [4.69, 9.17) is 0 Å². The van der Waals surface area contributed by atoms with Crippen molar-refractivity contribution in [3.05, 3.63) is 76.9 Å². The number of halogens is 1. The first kappa shape index (κ1) is 14.5. The summed E-state index contributed by atoms with van der Waals surface area (Å²) in [5.74, 6) is -0.171. The number of hydrogen-bond acceptors (Lipinski definition) is 2. The van der Waals surface area contributed by atoms with Crippen LogP contribution in [0.5, 0.6) is 0 Å². The minimum atomic E-state index is -0.171. The van der Waals surface area contributed by atoms with Crippen molar-refractivity contribution in [1.82, 2.24) is 4.98 Å². The molecule has 1 aromatic heterocycles. The van der Waals surface area contributed by atoms with E-state index in [1.165, 1.54) is 6.08 Å². The Morgan fingerprint density at radius 1 is 1.05 bits per heavy atom. The number of anilines is 1. The summed E-state index contributed by atoms with van der Waals surface area (Å²) in [4.78, 5) is 16.3. The van der Waals surface area contributed by atoms with Crippen LogP contribution in [-0.4, -0.2) is 10.9 Å². The van der Waals surface area contributed by atoms with Gasteiger partial charge in [-0.3, -0.25) is 9.78 Å². The topological polar surface area (TPSA) is 42.0 Å². The van der Waals surface area contributed by atoms with Crippen molar-refractivity contribution < 1.29 is 4.79 Å². The van der Waals surface area contributed by atoms with Crippen LogP contribution in [0.15, 0.2) is 71.3 Å². The maximum atomic E-state index is 12.0. The van der Waals surface area contributed by atoms with Crippen LogP contribution in [0.4, 0.5) is 5.69 Å². The lowest BCUT2D eigenvalue weighted by atomic mass is 10.1. The second-order valence-electron chi connectivity index (χ2n) is 4.75. The van der Waals surface area contributed by atoms with Crippen molar-refractivity contribution in [3.8, 4) is 0 Å². The maximum absolute atomic E-state index is 12.0. The first-order chi connectivity index (χ1) is 10.7. The van der Waals surface area contributed by atoms with E-state index < -0.39 is 0 Å². The molecule has 0 spiro atoms. The van der Waals surface area contributed by atoms with Gasteiger partial charge in [0, 0.05) is 33.4 Å². The Balaban J connectivity index is 1.78. The first-order valence-electron chi connectivity index (χ1n) is 6.81. The Labute approximate surface area is 136 Å². The number of para-hydroxylation sites is 1. The molecule has 3 aromatic rings. The Kier molecular flexibility index (Phi) is 4.30. The second-order valence-corrected chi connectivity index (χ2v) is 5.67. The van der Waals surface area contributed by atoms with Crippen LogP contribution in [0.3, 0.4) is 0 Å². The third kappa shape index (κ3) is 3.40. The summed E-state index contributed by atoms with van der Waals surface area (Å²) in [7, 11) is 0. The van der Waals surface area contributed by atoms with E-state index in [9.17, 15) is 4.79 Å². The zero-order chi connectivity index (χ0) is 15.4. The zero-order valence-electron chi connectivity index (χ0n) is 11.7. The molecule has 3 nitrogen and oxygen atoms in total. The molecule has 0 saturated heterocycles. The molecule has 0 aliphatic rings. The molecule has 108 valence electrons. The average molecular weight is 353 g/mol. The molecule has 0 atom stereocenters. The highest BCUT2D eigenvalue weighted by Crippen LogP contribution is 2.17. The molecule has 0 unspecified atom stereocenters. The van der Waals surface area contributed by atoms with Gasteiger partial charge in [-0.1, -0.05) is 40.2 Å². The molecule has 2 aromatic carbocycles. The van der Waals surface area contributed by atoms with Crippen molar-refractivity contribution in [2.45, 2.75) is 0 Å². The van der Waals surface area contributed by atoms with Gasteiger partial charge in [-0.25, -0.2) is 0 Å². The van der Waals surface area contributed by atoms with Gasteiger partial charge < -0.3 is 5.32 Å². The summed E-state index contributed by atoms with van der Waals surface area (Å²) in [6.45, 7) is 0. The first-order valence-corrected chi connectivity index (χ1v) is 7.60. The van der Waals surface area contributed by atoms with E-state index in [1.54, 1.807) is 12.3 Å². The van der Waals surface area contributed by atoms with Gasteiger partial charge in [0.05, 0.1) is 5.52 Å². The van der Waals surface area contributed by atoms with E-state index in [-0.39, 0.29) is 5.91 Å². The molecule has 0 aliphatic carbocycles. The highest BCUT2D eigenvalue weighted by Gasteiger charge is 2.00. The number of benzene rings is 2. The highest BCUT2D eigenvalue weighted by atomic mass is 79.9. The fourth-order valence-corrected chi connectivity index (χ4v) is 2.41. The zero-order valence-corrected chi connectivity index (χ0v) is 13.2. The maximum Gasteiger partial charge on any atom is 0.248 e. The predicted molar refractivity (Wildman–Crippen MR) is 93.5 cm³/mol. The molecular weight excluding hydrogens is 340 g/mol. The molecule has 1 heterocycles. The van der Waals surface area contributed by atoms with Crippen molar-refractivity contribution in [2.24, 2.45) is 0 Å². The molecule has 0 aliphatic heterocycles. The quantitative estimate of drug-likeness (QED) is 0.697. The SMILES string of the molecule is O=C(/C=C/c1cccc2cccnc12)Nc1ccc(Br)cc1. The van der Waals surface area contributed by atoms with Crippen molar-refractivity contribution in [2.75, 3.05) is 5.32 Å². The fourth-order valence-electron chi connectivity index (χ4n) is 2.14. The largest absolute Gasteiger partial charge is 0.323 e. The number of carbonyl (C=O) groups is 1. The van der Waals surface area contributed by atoms with E-state index in [0.29, 0.717) is 0 Å². The van der Waals surface area contributed by atoms with Crippen LogP contribution >= 0.6 is 15.9 Å². The normalized spacial score (nSPS) is 11.0. The fraction of sp³-hybridized carbons (Fsp3) is 0. The van der Waals surface area contributed by atoms with E-state index in [1.807, 2.05) is 54.6 Å². The number of carbonyl (C=O) groups excluding carboxylic acids is 1. The Bertz CT molecular complexity index is 836. The van der Waals surface area contributed by atoms with Gasteiger partial charge >= 0.3 is 0 Å². The standard InChI is InChI=1S/C18H13BrN2O/c19-15-7-9-16(10-8-15)21-17(22)11-6-14-4-1-3-13-5-2-12-20-18(13)14/h1-12H,(H,21,22)/b11-6+. The summed E-state index contributed by atoms with van der Waals surface area (Å²) in [5, 5.41) is 3.87. The summed E-state index contributed by atoms with van der Waals surface area (Å²) in [6.07, 6.45) is 5.05. The van der Waals surface area contributed by atoms with Crippen LogP contribution in [-0.2, 0) is 4.79 Å². The number of fused-ring (bicyclic) bond motifs is 1.